The zero-order chi connectivity index (χ0) is 17.5. The highest BCUT2D eigenvalue weighted by Gasteiger charge is 2.15. The molecule has 2 N–H and O–H groups in total. The van der Waals surface area contributed by atoms with E-state index in [9.17, 15) is 0 Å². The number of allylic oxidation sites excluding steroid dienone is 4. The van der Waals surface area contributed by atoms with Gasteiger partial charge in [0.2, 0.25) is 0 Å². The maximum Gasteiger partial charge on any atom is 0.117 e. The Labute approximate surface area is 143 Å². The number of hydrogen-bond donors (Lipinski definition) is 1. The molecule has 0 aliphatic carbocycles. The standard InChI is InChI=1S/C20H22N4/c1-5-7-10-15(21)19-20(17-11-8-9-12-22-17)24-18(13-14(3)4)16(6-2)23-19/h5-13H,2,21H2,1,3-4H3/b7-5-,15-10-. The second kappa shape index (κ2) is 8.02. The highest BCUT2D eigenvalue weighted by atomic mass is 14.9. The quantitative estimate of drug-likeness (QED) is 0.825. The first-order chi connectivity index (χ1) is 11.6. The van der Waals surface area contributed by atoms with E-state index >= 15 is 0 Å². The van der Waals surface area contributed by atoms with E-state index in [1.807, 2.05) is 63.3 Å². The van der Waals surface area contributed by atoms with Crippen molar-refractivity contribution in [2.75, 3.05) is 0 Å². The number of nitrogens with zero attached hydrogens (tertiary/aromatic N) is 3. The lowest BCUT2D eigenvalue weighted by Crippen LogP contribution is -2.07. The molecular formula is C20H22N4. The first-order valence-electron chi connectivity index (χ1n) is 7.76. The minimum absolute atomic E-state index is 0.535. The number of rotatable bonds is 5. The number of aromatic nitrogens is 3. The van der Waals surface area contributed by atoms with Crippen molar-refractivity contribution in [3.8, 4) is 11.4 Å². The second-order valence-electron chi connectivity index (χ2n) is 5.48. The van der Waals surface area contributed by atoms with Crippen molar-refractivity contribution < 1.29 is 0 Å². The number of pyridine rings is 1. The molecule has 0 radical (unpaired) electrons. The van der Waals surface area contributed by atoms with Crippen LogP contribution in [0.3, 0.4) is 0 Å². The number of nitrogens with two attached hydrogens (primary N) is 1. The van der Waals surface area contributed by atoms with Crippen LogP contribution in [0.4, 0.5) is 0 Å². The van der Waals surface area contributed by atoms with Crippen molar-refractivity contribution in [1.82, 2.24) is 15.0 Å². The molecule has 0 unspecified atom stereocenters. The van der Waals surface area contributed by atoms with Crippen molar-refractivity contribution in [2.45, 2.75) is 20.8 Å². The average molecular weight is 318 g/mol. The largest absolute Gasteiger partial charge is 0.397 e. The van der Waals surface area contributed by atoms with Crippen LogP contribution < -0.4 is 5.73 Å². The van der Waals surface area contributed by atoms with Gasteiger partial charge in [-0.3, -0.25) is 4.98 Å². The summed E-state index contributed by atoms with van der Waals surface area (Å²) in [5.41, 5.74) is 11.3. The Morgan fingerprint density at radius 1 is 1.17 bits per heavy atom. The highest BCUT2D eigenvalue weighted by molar-refractivity contribution is 5.76. The van der Waals surface area contributed by atoms with Crippen LogP contribution in [0.1, 0.15) is 37.9 Å². The summed E-state index contributed by atoms with van der Waals surface area (Å²) in [7, 11) is 0. The maximum atomic E-state index is 6.22. The monoisotopic (exact) mass is 318 g/mol. The Morgan fingerprint density at radius 2 is 1.96 bits per heavy atom. The molecule has 0 aliphatic rings. The Hall–Kier alpha value is -3.01. The molecule has 0 aliphatic heterocycles. The van der Waals surface area contributed by atoms with Gasteiger partial charge in [0.1, 0.15) is 11.4 Å². The summed E-state index contributed by atoms with van der Waals surface area (Å²) in [5.74, 6) is 0. The summed E-state index contributed by atoms with van der Waals surface area (Å²) in [4.78, 5) is 13.8. The van der Waals surface area contributed by atoms with Crippen LogP contribution in [0.2, 0.25) is 0 Å². The zero-order valence-corrected chi connectivity index (χ0v) is 14.3. The summed E-state index contributed by atoms with van der Waals surface area (Å²) in [5, 5.41) is 0. The molecule has 0 bridgehead atoms. The van der Waals surface area contributed by atoms with Crippen LogP contribution in [-0.2, 0) is 0 Å². The van der Waals surface area contributed by atoms with E-state index in [1.54, 1.807) is 12.3 Å². The third kappa shape index (κ3) is 4.04. The molecule has 2 aromatic heterocycles. The molecule has 4 heteroatoms. The summed E-state index contributed by atoms with van der Waals surface area (Å²) >= 11 is 0. The van der Waals surface area contributed by atoms with Crippen LogP contribution >= 0.6 is 0 Å². The highest BCUT2D eigenvalue weighted by Crippen LogP contribution is 2.25. The summed E-state index contributed by atoms with van der Waals surface area (Å²) in [6.45, 7) is 9.81. The molecule has 24 heavy (non-hydrogen) atoms. The van der Waals surface area contributed by atoms with Crippen molar-refractivity contribution in [3.05, 3.63) is 71.9 Å². The van der Waals surface area contributed by atoms with Crippen molar-refractivity contribution in [1.29, 1.82) is 0 Å². The minimum atomic E-state index is 0.535. The van der Waals surface area contributed by atoms with E-state index in [0.29, 0.717) is 22.8 Å². The van der Waals surface area contributed by atoms with E-state index in [1.165, 1.54) is 0 Å². The van der Waals surface area contributed by atoms with Crippen LogP contribution in [-0.4, -0.2) is 15.0 Å². The van der Waals surface area contributed by atoms with E-state index < -0.39 is 0 Å². The Balaban J connectivity index is 2.77. The van der Waals surface area contributed by atoms with Crippen molar-refractivity contribution in [2.24, 2.45) is 5.73 Å². The Morgan fingerprint density at radius 3 is 2.54 bits per heavy atom. The van der Waals surface area contributed by atoms with Gasteiger partial charge in [-0.25, -0.2) is 9.97 Å². The molecule has 0 saturated carbocycles. The predicted molar refractivity (Wildman–Crippen MR) is 102 cm³/mol. The van der Waals surface area contributed by atoms with E-state index in [0.717, 1.165) is 17.0 Å². The van der Waals surface area contributed by atoms with Gasteiger partial charge >= 0.3 is 0 Å². The van der Waals surface area contributed by atoms with Gasteiger partial charge in [0.05, 0.1) is 22.8 Å². The molecule has 4 nitrogen and oxygen atoms in total. The molecule has 122 valence electrons. The SMILES string of the molecule is C=Cc1nc(/C(N)=C/C=C\C)c(-c2ccccn2)nc1C=C(C)C. The maximum absolute atomic E-state index is 6.22. The van der Waals surface area contributed by atoms with Crippen LogP contribution in [0.15, 0.2) is 54.8 Å². The van der Waals surface area contributed by atoms with Crippen LogP contribution in [0.5, 0.6) is 0 Å². The van der Waals surface area contributed by atoms with E-state index in [4.69, 9.17) is 10.7 Å². The van der Waals surface area contributed by atoms with E-state index in [2.05, 4.69) is 16.5 Å². The Bertz CT molecular complexity index is 811. The van der Waals surface area contributed by atoms with Gasteiger partial charge in [-0.05, 0) is 51.1 Å². The summed E-state index contributed by atoms with van der Waals surface area (Å²) in [6, 6.07) is 5.68. The molecule has 0 saturated heterocycles. The fraction of sp³-hybridized carbons (Fsp3) is 0.150. The van der Waals surface area contributed by atoms with Gasteiger partial charge in [0.25, 0.3) is 0 Å². The topological polar surface area (TPSA) is 64.7 Å². The van der Waals surface area contributed by atoms with Crippen molar-refractivity contribution >= 4 is 17.8 Å². The van der Waals surface area contributed by atoms with Gasteiger partial charge in [-0.15, -0.1) is 0 Å². The molecule has 0 amide bonds. The molecule has 0 fully saturated rings. The number of hydrogen-bond acceptors (Lipinski definition) is 4. The third-order valence-corrected chi connectivity index (χ3v) is 3.22. The molecule has 0 spiro atoms. The molecule has 0 aromatic carbocycles. The fourth-order valence-corrected chi connectivity index (χ4v) is 2.15. The smallest absolute Gasteiger partial charge is 0.117 e. The third-order valence-electron chi connectivity index (χ3n) is 3.22. The van der Waals surface area contributed by atoms with Gasteiger partial charge in [-0.2, -0.15) is 0 Å². The molecule has 2 heterocycles. The molecule has 2 rings (SSSR count). The predicted octanol–water partition coefficient (Wildman–Crippen LogP) is 4.48. The normalized spacial score (nSPS) is 11.5. The molecule has 2 aromatic rings. The molecular weight excluding hydrogens is 296 g/mol. The lowest BCUT2D eigenvalue weighted by molar-refractivity contribution is 1.11. The van der Waals surface area contributed by atoms with Crippen LogP contribution in [0, 0.1) is 0 Å². The first-order valence-corrected chi connectivity index (χ1v) is 7.76. The molecule has 0 atom stereocenters. The second-order valence-corrected chi connectivity index (χ2v) is 5.48. The Kier molecular flexibility index (Phi) is 5.79. The minimum Gasteiger partial charge on any atom is -0.397 e. The van der Waals surface area contributed by atoms with Crippen LogP contribution in [0.25, 0.3) is 29.2 Å². The summed E-state index contributed by atoms with van der Waals surface area (Å²) < 4.78 is 0. The van der Waals surface area contributed by atoms with Gasteiger partial charge in [0, 0.05) is 6.20 Å². The first kappa shape index (κ1) is 17.3. The average Bonchev–Trinajstić information content (AvgIpc) is 2.59. The fourth-order valence-electron chi connectivity index (χ4n) is 2.15. The zero-order valence-electron chi connectivity index (χ0n) is 14.3. The lowest BCUT2D eigenvalue weighted by atomic mass is 10.1. The van der Waals surface area contributed by atoms with Gasteiger partial charge < -0.3 is 5.73 Å². The van der Waals surface area contributed by atoms with Gasteiger partial charge in [-0.1, -0.05) is 30.4 Å². The van der Waals surface area contributed by atoms with E-state index in [-0.39, 0.29) is 0 Å². The summed E-state index contributed by atoms with van der Waals surface area (Å²) in [6.07, 6.45) is 11.0. The van der Waals surface area contributed by atoms with Crippen molar-refractivity contribution in [3.63, 3.8) is 0 Å². The lowest BCUT2D eigenvalue weighted by Gasteiger charge is -2.11. The van der Waals surface area contributed by atoms with Gasteiger partial charge in [0.15, 0.2) is 0 Å².